The summed E-state index contributed by atoms with van der Waals surface area (Å²) in [7, 11) is 0. The van der Waals surface area contributed by atoms with Gasteiger partial charge in [-0.3, -0.25) is 4.57 Å². The van der Waals surface area contributed by atoms with Crippen molar-refractivity contribution in [3.8, 4) is 27.9 Å². The van der Waals surface area contributed by atoms with Gasteiger partial charge < -0.3 is 0 Å². The molecule has 2 heterocycles. The van der Waals surface area contributed by atoms with Crippen LogP contribution in [-0.4, -0.2) is 9.55 Å². The lowest BCUT2D eigenvalue weighted by atomic mass is 9.85. The number of fused-ring (bicyclic) bond motifs is 6. The van der Waals surface area contributed by atoms with E-state index >= 15 is 0 Å². The molecular formula is C41H28N2S. The number of thiophene rings is 1. The van der Waals surface area contributed by atoms with Gasteiger partial charge in [0, 0.05) is 39.1 Å². The number of hydrogen-bond acceptors (Lipinski definition) is 2. The van der Waals surface area contributed by atoms with Gasteiger partial charge >= 0.3 is 0 Å². The van der Waals surface area contributed by atoms with Gasteiger partial charge in [0.1, 0.15) is 5.82 Å². The van der Waals surface area contributed by atoms with Gasteiger partial charge in [-0.05, 0) is 80.2 Å². The molecule has 9 aromatic rings. The summed E-state index contributed by atoms with van der Waals surface area (Å²) in [5.74, 6) is -0.142. The van der Waals surface area contributed by atoms with Gasteiger partial charge in [-0.1, -0.05) is 110 Å². The predicted molar refractivity (Wildman–Crippen MR) is 189 cm³/mol. The van der Waals surface area contributed by atoms with Crippen LogP contribution in [-0.2, 0) is 6.37 Å². The lowest BCUT2D eigenvalue weighted by Gasteiger charge is -2.19. The Bertz CT molecular complexity index is 2680. The van der Waals surface area contributed by atoms with Crippen molar-refractivity contribution < 1.29 is 6.85 Å². The van der Waals surface area contributed by atoms with Crippen LogP contribution in [0.5, 0.6) is 0 Å². The molecule has 0 bridgehead atoms. The van der Waals surface area contributed by atoms with E-state index in [1.54, 1.807) is 10.6 Å². The van der Waals surface area contributed by atoms with E-state index in [2.05, 4.69) is 96.0 Å². The van der Waals surface area contributed by atoms with Gasteiger partial charge in [-0.15, -0.1) is 11.3 Å². The van der Waals surface area contributed by atoms with Gasteiger partial charge in [0.05, 0.1) is 11.0 Å². The van der Waals surface area contributed by atoms with E-state index in [0.29, 0.717) is 16.7 Å². The fourth-order valence-corrected chi connectivity index (χ4v) is 7.99. The van der Waals surface area contributed by atoms with Crippen LogP contribution in [0, 0.1) is 0 Å². The molecule has 7 aromatic carbocycles. The summed E-state index contributed by atoms with van der Waals surface area (Å²) in [6.45, 7) is -2.90. The van der Waals surface area contributed by atoms with E-state index in [-0.39, 0.29) is 5.82 Å². The average Bonchev–Trinajstić information content (AvgIpc) is 3.70. The molecule has 0 atom stereocenters. The van der Waals surface area contributed by atoms with Gasteiger partial charge in [0.15, 0.2) is 0 Å². The highest BCUT2D eigenvalue weighted by molar-refractivity contribution is 7.25. The molecule has 2 aromatic heterocycles. The number of hydrogen-bond donors (Lipinski definition) is 0. The van der Waals surface area contributed by atoms with Gasteiger partial charge in [-0.2, -0.15) is 0 Å². The first-order chi connectivity index (χ1) is 23.7. The summed E-state index contributed by atoms with van der Waals surface area (Å²) in [5.41, 5.74) is 6.37. The summed E-state index contributed by atoms with van der Waals surface area (Å²) in [4.78, 5) is 4.49. The van der Waals surface area contributed by atoms with Crippen molar-refractivity contribution in [1.29, 1.82) is 0 Å². The zero-order valence-electron chi connectivity index (χ0n) is 28.6. The Morgan fingerprint density at radius 3 is 1.95 bits per heavy atom. The zero-order valence-corrected chi connectivity index (χ0v) is 24.4. The Morgan fingerprint density at radius 1 is 0.614 bits per heavy atom. The fourth-order valence-electron chi connectivity index (χ4n) is 6.86. The first kappa shape index (κ1) is 20.6. The Kier molecular flexibility index (Phi) is 4.64. The van der Waals surface area contributed by atoms with E-state index in [1.165, 1.54) is 31.3 Å². The molecule has 3 heteroatoms. The minimum absolute atomic E-state index is 0.142. The molecule has 0 radical (unpaired) electrons. The molecule has 0 spiro atoms. The number of aromatic nitrogens is 2. The largest absolute Gasteiger partial charge is 0.296 e. The van der Waals surface area contributed by atoms with E-state index in [0.717, 1.165) is 32.7 Å². The molecule has 0 aliphatic carbocycles. The fraction of sp³-hybridized carbons (Fsp3) is 0.0488. The van der Waals surface area contributed by atoms with Gasteiger partial charge in [-0.25, -0.2) is 4.98 Å². The third-order valence-electron chi connectivity index (χ3n) is 8.69. The molecule has 0 amide bonds. The number of rotatable bonds is 4. The summed E-state index contributed by atoms with van der Waals surface area (Å²) >= 11 is 1.82. The second-order valence-electron chi connectivity index (χ2n) is 11.0. The van der Waals surface area contributed by atoms with Gasteiger partial charge in [0.25, 0.3) is 0 Å². The highest BCUT2D eigenvalue weighted by Crippen LogP contribution is 2.47. The van der Waals surface area contributed by atoms with Crippen LogP contribution in [0.1, 0.15) is 19.5 Å². The molecule has 9 rings (SSSR count). The zero-order chi connectivity index (χ0) is 33.5. The number of para-hydroxylation sites is 2. The summed E-state index contributed by atoms with van der Waals surface area (Å²) < 4.78 is 45.3. The van der Waals surface area contributed by atoms with Crippen molar-refractivity contribution in [2.75, 3.05) is 0 Å². The monoisotopic (exact) mass is 585 g/mol. The van der Waals surface area contributed by atoms with Crippen molar-refractivity contribution >= 4 is 64.1 Å². The third-order valence-corrected chi connectivity index (χ3v) is 9.83. The minimum Gasteiger partial charge on any atom is -0.296 e. The van der Waals surface area contributed by atoms with Crippen molar-refractivity contribution in [1.82, 2.24) is 9.55 Å². The van der Waals surface area contributed by atoms with Crippen LogP contribution >= 0.6 is 11.3 Å². The normalized spacial score (nSPS) is 14.1. The lowest BCUT2D eigenvalue weighted by molar-refractivity contribution is 0.908. The highest BCUT2D eigenvalue weighted by atomic mass is 32.1. The molecule has 0 fully saturated rings. The first-order valence-electron chi connectivity index (χ1n) is 17.2. The average molecular weight is 586 g/mol. The molecule has 0 unspecified atom stereocenters. The molecule has 44 heavy (non-hydrogen) atoms. The summed E-state index contributed by atoms with van der Waals surface area (Å²) in [6, 6.07) is 47.6. The van der Waals surface area contributed by atoms with Crippen molar-refractivity contribution in [2.45, 2.75) is 13.2 Å². The number of benzene rings is 7. The lowest BCUT2D eigenvalue weighted by Crippen LogP contribution is -2.00. The van der Waals surface area contributed by atoms with Crippen molar-refractivity contribution in [2.24, 2.45) is 0 Å². The SMILES string of the molecule is [2H]C([2H])([2H])C([2H])([2H])c1nc2ccccc2n1-c1ccc(-c2c3ccccc3c(-c3cccc4sc5ccccc5c34)c3ccccc23)cc1. The van der Waals surface area contributed by atoms with E-state index in [1.807, 2.05) is 53.8 Å². The predicted octanol–water partition coefficient (Wildman–Crippen LogP) is 11.6. The van der Waals surface area contributed by atoms with E-state index in [9.17, 15) is 0 Å². The Morgan fingerprint density at radius 2 is 1.23 bits per heavy atom. The Hall–Kier alpha value is -5.25. The molecular weight excluding hydrogens is 553 g/mol. The maximum absolute atomic E-state index is 8.60. The molecule has 0 aliphatic heterocycles. The molecule has 2 nitrogen and oxygen atoms in total. The number of imidazole rings is 1. The standard InChI is InChI=1S/C41H28N2S/c1-2-38-42-34-18-8-9-19-35(34)43(38)27-24-22-26(23-25-27)39-28-12-3-5-14-30(28)40(31-15-6-4-13-29(31)39)33-17-11-21-37-41(33)32-16-7-10-20-36(32)44-37/h3-25H,2H2,1H3/i1D3,2D2. The van der Waals surface area contributed by atoms with Crippen LogP contribution in [0.2, 0.25) is 0 Å². The van der Waals surface area contributed by atoms with Crippen molar-refractivity contribution in [3.63, 3.8) is 0 Å². The summed E-state index contributed by atoms with van der Waals surface area (Å²) in [5, 5.41) is 7.13. The molecule has 0 saturated carbocycles. The smallest absolute Gasteiger partial charge is 0.114 e. The number of aryl methyl sites for hydroxylation is 1. The van der Waals surface area contributed by atoms with Crippen molar-refractivity contribution in [3.05, 3.63) is 145 Å². The van der Waals surface area contributed by atoms with Crippen LogP contribution in [0.3, 0.4) is 0 Å². The topological polar surface area (TPSA) is 17.8 Å². The molecule has 0 N–H and O–H groups in total. The van der Waals surface area contributed by atoms with Crippen LogP contribution < -0.4 is 0 Å². The third kappa shape index (κ3) is 3.69. The molecule has 0 saturated heterocycles. The number of nitrogens with zero attached hydrogens (tertiary/aromatic N) is 2. The minimum atomic E-state index is -2.90. The Labute approximate surface area is 266 Å². The van der Waals surface area contributed by atoms with E-state index < -0.39 is 13.2 Å². The first-order valence-corrected chi connectivity index (χ1v) is 15.5. The highest BCUT2D eigenvalue weighted by Gasteiger charge is 2.20. The summed E-state index contributed by atoms with van der Waals surface area (Å²) in [6.07, 6.45) is -2.66. The van der Waals surface area contributed by atoms with Crippen LogP contribution in [0.4, 0.5) is 0 Å². The van der Waals surface area contributed by atoms with E-state index in [4.69, 9.17) is 6.85 Å². The quantitative estimate of drug-likeness (QED) is 0.188. The van der Waals surface area contributed by atoms with Crippen LogP contribution in [0.15, 0.2) is 140 Å². The van der Waals surface area contributed by atoms with Gasteiger partial charge in [0.2, 0.25) is 0 Å². The Balaban J connectivity index is 1.28. The maximum Gasteiger partial charge on any atom is 0.114 e. The second-order valence-corrected chi connectivity index (χ2v) is 12.1. The maximum atomic E-state index is 8.60. The molecule has 0 aliphatic rings. The second kappa shape index (κ2) is 9.90. The molecule has 208 valence electrons. The van der Waals surface area contributed by atoms with Crippen LogP contribution in [0.25, 0.3) is 80.7 Å².